The summed E-state index contributed by atoms with van der Waals surface area (Å²) < 4.78 is 5.64. The number of aliphatic carboxylic acids is 1. The summed E-state index contributed by atoms with van der Waals surface area (Å²) in [5.41, 5.74) is 3.71. The highest BCUT2D eigenvalue weighted by molar-refractivity contribution is 5.90. The lowest BCUT2D eigenvalue weighted by atomic mass is 9.73. The van der Waals surface area contributed by atoms with Gasteiger partial charge in [-0.1, -0.05) is 55.0 Å². The number of carbonyl (C=O) groups is 3. The maximum absolute atomic E-state index is 13.3. The largest absolute Gasteiger partial charge is 0.479 e. The van der Waals surface area contributed by atoms with Crippen molar-refractivity contribution in [3.8, 4) is 11.1 Å². The second-order valence-corrected chi connectivity index (χ2v) is 10.6. The zero-order valence-corrected chi connectivity index (χ0v) is 19.6. The summed E-state index contributed by atoms with van der Waals surface area (Å²) in [7, 11) is 0. The van der Waals surface area contributed by atoms with Crippen molar-refractivity contribution in [1.82, 2.24) is 10.2 Å². The zero-order chi connectivity index (χ0) is 24.2. The van der Waals surface area contributed by atoms with Crippen LogP contribution < -0.4 is 5.32 Å². The number of rotatable bonds is 6. The third-order valence-electron chi connectivity index (χ3n) is 8.70. The Bertz CT molecular complexity index is 1140. The van der Waals surface area contributed by atoms with E-state index in [2.05, 4.69) is 29.6 Å². The molecule has 2 N–H and O–H groups in total. The Kier molecular flexibility index (Phi) is 5.31. The maximum Gasteiger partial charge on any atom is 0.407 e. The molecular weight excluding hydrogens is 444 g/mol. The standard InChI is InChI=1S/C28H30N2O5/c31-25(30-15-17-12-28(30,13-17)26(32)33)19-11-5-6-18(19)14-29-27(34)35-16-24-22-9-3-1-7-20(22)21-8-2-4-10-23(21)24/h1-4,7-10,17-19,24H,5-6,11-16H2,(H,29,34)(H,32,33)/t17?,18-,19-,28?/m1/s1. The van der Waals surface area contributed by atoms with E-state index in [4.69, 9.17) is 4.74 Å². The summed E-state index contributed by atoms with van der Waals surface area (Å²) in [5, 5.41) is 12.6. The molecule has 2 aromatic rings. The fourth-order valence-electron chi connectivity index (χ4n) is 6.94. The molecule has 0 radical (unpaired) electrons. The van der Waals surface area contributed by atoms with Gasteiger partial charge in [-0.2, -0.15) is 0 Å². The zero-order valence-electron chi connectivity index (χ0n) is 19.6. The summed E-state index contributed by atoms with van der Waals surface area (Å²) in [4.78, 5) is 39.4. The number of benzene rings is 2. The summed E-state index contributed by atoms with van der Waals surface area (Å²) in [6.07, 6.45) is 3.16. The van der Waals surface area contributed by atoms with Gasteiger partial charge in [0, 0.05) is 24.9 Å². The lowest BCUT2D eigenvalue weighted by molar-refractivity contribution is -0.160. The Labute approximate surface area is 204 Å². The fourth-order valence-corrected chi connectivity index (χ4v) is 6.94. The van der Waals surface area contributed by atoms with Gasteiger partial charge in [-0.25, -0.2) is 9.59 Å². The van der Waals surface area contributed by atoms with Crippen molar-refractivity contribution in [3.63, 3.8) is 0 Å². The predicted molar refractivity (Wildman–Crippen MR) is 129 cm³/mol. The third kappa shape index (κ3) is 3.51. The molecule has 7 nitrogen and oxygen atoms in total. The van der Waals surface area contributed by atoms with Gasteiger partial charge in [0.2, 0.25) is 5.91 Å². The molecular formula is C28H30N2O5. The van der Waals surface area contributed by atoms with Crippen molar-refractivity contribution in [1.29, 1.82) is 0 Å². The van der Waals surface area contributed by atoms with Gasteiger partial charge in [-0.15, -0.1) is 0 Å². The van der Waals surface area contributed by atoms with Gasteiger partial charge in [-0.05, 0) is 59.8 Å². The number of hydrogen-bond acceptors (Lipinski definition) is 4. The quantitative estimate of drug-likeness (QED) is 0.659. The number of nitrogens with one attached hydrogen (secondary N) is 1. The van der Waals surface area contributed by atoms with Gasteiger partial charge >= 0.3 is 12.1 Å². The highest BCUT2D eigenvalue weighted by atomic mass is 16.5. The molecule has 182 valence electrons. The molecule has 2 aromatic carbocycles. The second-order valence-electron chi connectivity index (χ2n) is 10.6. The molecule has 5 aliphatic rings. The number of hydrogen-bond donors (Lipinski definition) is 2. The van der Waals surface area contributed by atoms with Gasteiger partial charge in [0.25, 0.3) is 0 Å². The van der Waals surface area contributed by atoms with Crippen LogP contribution in [-0.4, -0.2) is 53.2 Å². The minimum absolute atomic E-state index is 0.00261. The first-order valence-corrected chi connectivity index (χ1v) is 12.6. The molecule has 0 spiro atoms. The van der Waals surface area contributed by atoms with Crippen molar-refractivity contribution >= 4 is 18.0 Å². The number of alkyl carbamates (subject to hydrolysis) is 1. The lowest BCUT2D eigenvalue weighted by Gasteiger charge is -2.39. The van der Waals surface area contributed by atoms with E-state index in [1.807, 2.05) is 24.3 Å². The van der Waals surface area contributed by atoms with Crippen molar-refractivity contribution < 1.29 is 24.2 Å². The topological polar surface area (TPSA) is 95.9 Å². The van der Waals surface area contributed by atoms with E-state index in [1.165, 1.54) is 22.3 Å². The highest BCUT2D eigenvalue weighted by Crippen LogP contribution is 2.52. The molecule has 2 atom stereocenters. The number of nitrogens with zero attached hydrogens (tertiary/aromatic N) is 1. The van der Waals surface area contributed by atoms with Crippen LogP contribution in [0, 0.1) is 17.8 Å². The molecule has 35 heavy (non-hydrogen) atoms. The van der Waals surface area contributed by atoms with E-state index in [9.17, 15) is 19.5 Å². The summed E-state index contributed by atoms with van der Waals surface area (Å²) >= 11 is 0. The Morgan fingerprint density at radius 1 is 1.00 bits per heavy atom. The number of carboxylic acid groups (broad SMARTS) is 1. The molecule has 0 aromatic heterocycles. The minimum atomic E-state index is -0.991. The van der Waals surface area contributed by atoms with Crippen LogP contribution in [0.3, 0.4) is 0 Å². The molecule has 2 aliphatic heterocycles. The summed E-state index contributed by atoms with van der Waals surface area (Å²) in [6, 6.07) is 16.4. The smallest absolute Gasteiger partial charge is 0.407 e. The molecule has 0 unspecified atom stereocenters. The molecule has 2 saturated carbocycles. The first-order valence-electron chi connectivity index (χ1n) is 12.6. The van der Waals surface area contributed by atoms with Crippen LogP contribution in [0.25, 0.3) is 11.1 Å². The summed E-state index contributed by atoms with van der Waals surface area (Å²) in [5.74, 6) is -0.849. The van der Waals surface area contributed by atoms with E-state index in [1.54, 1.807) is 4.90 Å². The second kappa shape index (κ2) is 8.40. The van der Waals surface area contributed by atoms with Crippen molar-refractivity contribution in [2.75, 3.05) is 19.7 Å². The van der Waals surface area contributed by atoms with Gasteiger partial charge in [0.05, 0.1) is 0 Å². The van der Waals surface area contributed by atoms with Gasteiger partial charge in [0.15, 0.2) is 0 Å². The van der Waals surface area contributed by atoms with Gasteiger partial charge in [-0.3, -0.25) is 4.79 Å². The first kappa shape index (κ1) is 22.1. The summed E-state index contributed by atoms with van der Waals surface area (Å²) in [6.45, 7) is 1.17. The van der Waals surface area contributed by atoms with Crippen LogP contribution in [0.4, 0.5) is 4.79 Å². The average molecular weight is 475 g/mol. The number of carboxylic acids is 1. The molecule has 2 saturated heterocycles. The monoisotopic (exact) mass is 474 g/mol. The first-order chi connectivity index (χ1) is 17.0. The van der Waals surface area contributed by atoms with Gasteiger partial charge in [0.1, 0.15) is 12.1 Å². The number of amides is 2. The molecule has 7 heteroatoms. The van der Waals surface area contributed by atoms with Crippen LogP contribution in [0.5, 0.6) is 0 Å². The van der Waals surface area contributed by atoms with E-state index in [0.29, 0.717) is 31.8 Å². The Morgan fingerprint density at radius 3 is 2.31 bits per heavy atom. The third-order valence-corrected chi connectivity index (χ3v) is 8.70. The van der Waals surface area contributed by atoms with Crippen LogP contribution in [0.15, 0.2) is 48.5 Å². The molecule has 2 heterocycles. The molecule has 2 bridgehead atoms. The number of fused-ring (bicyclic) bond motifs is 4. The molecule has 4 fully saturated rings. The molecule has 2 amide bonds. The Hall–Kier alpha value is -3.35. The van der Waals surface area contributed by atoms with Crippen LogP contribution >= 0.6 is 0 Å². The number of carbonyl (C=O) groups excluding carboxylic acids is 2. The van der Waals surface area contributed by atoms with Crippen LogP contribution in [0.1, 0.15) is 49.1 Å². The van der Waals surface area contributed by atoms with E-state index in [0.717, 1.165) is 19.3 Å². The van der Waals surface area contributed by atoms with Crippen LogP contribution in [0.2, 0.25) is 0 Å². The Balaban J connectivity index is 1.06. The van der Waals surface area contributed by atoms with E-state index in [-0.39, 0.29) is 30.3 Å². The molecule has 3 aliphatic carbocycles. The van der Waals surface area contributed by atoms with Crippen molar-refractivity contribution in [3.05, 3.63) is 59.7 Å². The normalized spacial score (nSPS) is 28.2. The fraction of sp³-hybridized carbons (Fsp3) is 0.464. The maximum atomic E-state index is 13.3. The predicted octanol–water partition coefficient (Wildman–Crippen LogP) is 4.02. The van der Waals surface area contributed by atoms with Crippen LogP contribution in [-0.2, 0) is 14.3 Å². The van der Waals surface area contributed by atoms with Gasteiger partial charge < -0.3 is 20.1 Å². The Morgan fingerprint density at radius 2 is 1.66 bits per heavy atom. The SMILES string of the molecule is O=C(NC[C@H]1CCC[C@H]1C(=O)N1CC2CC1(C(=O)O)C2)OCC1c2ccccc2-c2ccccc21. The van der Waals surface area contributed by atoms with Crippen molar-refractivity contribution in [2.45, 2.75) is 43.6 Å². The molecule has 7 rings (SSSR count). The highest BCUT2D eigenvalue weighted by Gasteiger charge is 2.63. The average Bonchev–Trinajstić information content (AvgIpc) is 3.61. The number of ether oxygens (including phenoxy) is 1. The lowest BCUT2D eigenvalue weighted by Crippen LogP contribution is -2.56. The minimum Gasteiger partial charge on any atom is -0.479 e. The van der Waals surface area contributed by atoms with E-state index >= 15 is 0 Å². The van der Waals surface area contributed by atoms with E-state index < -0.39 is 17.6 Å². The van der Waals surface area contributed by atoms with Crippen molar-refractivity contribution in [2.24, 2.45) is 17.8 Å².